The zero-order valence-corrected chi connectivity index (χ0v) is 15.0. The second-order valence-electron chi connectivity index (χ2n) is 5.80. The highest BCUT2D eigenvalue weighted by Gasteiger charge is 2.21. The SMILES string of the molecule is COC(=O)c1nc(-c2cc(Cl)c3[nH]ncc3c2)c(-c2ccccc2)nc1N. The van der Waals surface area contributed by atoms with E-state index in [4.69, 9.17) is 22.1 Å². The maximum absolute atomic E-state index is 12.1. The molecular formula is C19H14ClN5O2. The van der Waals surface area contributed by atoms with Crippen LogP contribution in [0.15, 0.2) is 48.7 Å². The third kappa shape index (κ3) is 2.98. The van der Waals surface area contributed by atoms with Crippen LogP contribution in [0.5, 0.6) is 0 Å². The summed E-state index contributed by atoms with van der Waals surface area (Å²) in [6, 6.07) is 13.1. The van der Waals surface area contributed by atoms with E-state index in [1.54, 1.807) is 12.3 Å². The number of halogens is 1. The lowest BCUT2D eigenvalue weighted by Crippen LogP contribution is -2.12. The number of fused-ring (bicyclic) bond motifs is 1. The summed E-state index contributed by atoms with van der Waals surface area (Å²) >= 11 is 6.38. The van der Waals surface area contributed by atoms with E-state index in [2.05, 4.69) is 20.2 Å². The van der Waals surface area contributed by atoms with Gasteiger partial charge in [0.15, 0.2) is 11.5 Å². The molecule has 0 aliphatic rings. The maximum atomic E-state index is 12.1. The number of benzene rings is 2. The molecule has 0 saturated heterocycles. The molecule has 0 bridgehead atoms. The van der Waals surface area contributed by atoms with E-state index in [9.17, 15) is 4.79 Å². The summed E-state index contributed by atoms with van der Waals surface area (Å²) in [4.78, 5) is 21.0. The van der Waals surface area contributed by atoms with Gasteiger partial charge in [-0.3, -0.25) is 5.10 Å². The topological polar surface area (TPSA) is 107 Å². The number of hydrogen-bond acceptors (Lipinski definition) is 6. The van der Waals surface area contributed by atoms with Crippen LogP contribution in [0.1, 0.15) is 10.5 Å². The number of nitrogens with zero attached hydrogens (tertiary/aromatic N) is 3. The quantitative estimate of drug-likeness (QED) is 0.525. The van der Waals surface area contributed by atoms with Gasteiger partial charge in [-0.15, -0.1) is 0 Å². The average Bonchev–Trinajstić information content (AvgIpc) is 3.17. The monoisotopic (exact) mass is 379 g/mol. The third-order valence-electron chi connectivity index (χ3n) is 4.12. The molecule has 0 fully saturated rings. The molecule has 2 heterocycles. The molecular weight excluding hydrogens is 366 g/mol. The molecule has 0 radical (unpaired) electrons. The normalized spacial score (nSPS) is 10.9. The number of ether oxygens (including phenoxy) is 1. The van der Waals surface area contributed by atoms with E-state index in [-0.39, 0.29) is 11.5 Å². The molecule has 0 spiro atoms. The second-order valence-corrected chi connectivity index (χ2v) is 6.21. The number of rotatable bonds is 3. The first kappa shape index (κ1) is 17.0. The van der Waals surface area contributed by atoms with Gasteiger partial charge in [-0.25, -0.2) is 14.8 Å². The number of aromatic amines is 1. The van der Waals surface area contributed by atoms with Crippen molar-refractivity contribution in [3.63, 3.8) is 0 Å². The first-order chi connectivity index (χ1) is 13.1. The number of methoxy groups -OCH3 is 1. The summed E-state index contributed by atoms with van der Waals surface area (Å²) in [6.07, 6.45) is 1.67. The van der Waals surface area contributed by atoms with Crippen LogP contribution in [0.2, 0.25) is 5.02 Å². The Morgan fingerprint density at radius 1 is 1.11 bits per heavy atom. The molecule has 4 aromatic rings. The number of nitrogens with one attached hydrogen (secondary N) is 1. The van der Waals surface area contributed by atoms with Crippen molar-refractivity contribution in [3.05, 3.63) is 59.4 Å². The molecule has 0 saturated carbocycles. The molecule has 27 heavy (non-hydrogen) atoms. The molecule has 134 valence electrons. The average molecular weight is 380 g/mol. The van der Waals surface area contributed by atoms with Gasteiger partial charge in [-0.1, -0.05) is 41.9 Å². The van der Waals surface area contributed by atoms with Crippen molar-refractivity contribution in [3.8, 4) is 22.5 Å². The van der Waals surface area contributed by atoms with Gasteiger partial charge in [0.2, 0.25) is 0 Å². The van der Waals surface area contributed by atoms with Crippen LogP contribution in [0.3, 0.4) is 0 Å². The molecule has 0 aliphatic carbocycles. The van der Waals surface area contributed by atoms with Gasteiger partial charge in [0.1, 0.15) is 0 Å². The predicted molar refractivity (Wildman–Crippen MR) is 103 cm³/mol. The zero-order chi connectivity index (χ0) is 19.0. The van der Waals surface area contributed by atoms with Gasteiger partial charge in [0.05, 0.1) is 35.2 Å². The Balaban J connectivity index is 2.02. The van der Waals surface area contributed by atoms with Gasteiger partial charge in [-0.2, -0.15) is 5.10 Å². The Morgan fingerprint density at radius 2 is 1.85 bits per heavy atom. The number of nitrogens with two attached hydrogens (primary N) is 1. The van der Waals surface area contributed by atoms with E-state index < -0.39 is 5.97 Å². The Hall–Kier alpha value is -3.45. The van der Waals surface area contributed by atoms with Crippen molar-refractivity contribution in [1.82, 2.24) is 20.2 Å². The number of carbonyl (C=O) groups is 1. The molecule has 7 nitrogen and oxygen atoms in total. The molecule has 2 aromatic heterocycles. The zero-order valence-electron chi connectivity index (χ0n) is 14.2. The van der Waals surface area contributed by atoms with E-state index in [1.807, 2.05) is 36.4 Å². The molecule has 0 aliphatic heterocycles. The number of aromatic nitrogens is 4. The van der Waals surface area contributed by atoms with Crippen LogP contribution in [0, 0.1) is 0 Å². The Bertz CT molecular complexity index is 1160. The fourth-order valence-electron chi connectivity index (χ4n) is 2.84. The lowest BCUT2D eigenvalue weighted by atomic mass is 10.0. The van der Waals surface area contributed by atoms with Crippen molar-refractivity contribution in [1.29, 1.82) is 0 Å². The van der Waals surface area contributed by atoms with Crippen LogP contribution in [0.4, 0.5) is 5.82 Å². The molecule has 2 aromatic carbocycles. The van der Waals surface area contributed by atoms with Crippen molar-refractivity contribution in [2.45, 2.75) is 0 Å². The van der Waals surface area contributed by atoms with Crippen molar-refractivity contribution < 1.29 is 9.53 Å². The van der Waals surface area contributed by atoms with Crippen molar-refractivity contribution in [2.75, 3.05) is 12.8 Å². The summed E-state index contributed by atoms with van der Waals surface area (Å²) in [7, 11) is 1.27. The molecule has 3 N–H and O–H groups in total. The summed E-state index contributed by atoms with van der Waals surface area (Å²) in [5, 5.41) is 8.16. The predicted octanol–water partition coefficient (Wildman–Crippen LogP) is 3.71. The highest BCUT2D eigenvalue weighted by molar-refractivity contribution is 6.35. The number of anilines is 1. The minimum atomic E-state index is -0.656. The summed E-state index contributed by atoms with van der Waals surface area (Å²) in [5.74, 6) is -0.656. The molecule has 8 heteroatoms. The second kappa shape index (κ2) is 6.69. The van der Waals surface area contributed by atoms with Gasteiger partial charge >= 0.3 is 5.97 Å². The van der Waals surface area contributed by atoms with Crippen LogP contribution in [-0.2, 0) is 4.74 Å². The number of carbonyl (C=O) groups excluding carboxylic acids is 1. The minimum absolute atomic E-state index is 0.0000563. The number of nitrogen functional groups attached to an aromatic ring is 1. The van der Waals surface area contributed by atoms with Crippen LogP contribution in [-0.4, -0.2) is 33.2 Å². The Labute approximate surface area is 159 Å². The fourth-order valence-corrected chi connectivity index (χ4v) is 3.11. The number of esters is 1. The summed E-state index contributed by atoms with van der Waals surface area (Å²) in [6.45, 7) is 0. The number of hydrogen-bond donors (Lipinski definition) is 2. The largest absolute Gasteiger partial charge is 0.464 e. The van der Waals surface area contributed by atoms with Gasteiger partial charge in [0.25, 0.3) is 0 Å². The van der Waals surface area contributed by atoms with Gasteiger partial charge < -0.3 is 10.5 Å². The highest BCUT2D eigenvalue weighted by atomic mass is 35.5. The fraction of sp³-hybridized carbons (Fsp3) is 0.0526. The van der Waals surface area contributed by atoms with E-state index in [0.717, 1.165) is 16.5 Å². The Kier molecular flexibility index (Phi) is 4.21. The molecule has 0 amide bonds. The molecule has 0 unspecified atom stereocenters. The smallest absolute Gasteiger partial charge is 0.360 e. The van der Waals surface area contributed by atoms with Crippen molar-refractivity contribution in [2.24, 2.45) is 0 Å². The molecule has 4 rings (SSSR count). The van der Waals surface area contributed by atoms with Crippen LogP contribution in [0.25, 0.3) is 33.4 Å². The van der Waals surface area contributed by atoms with Crippen LogP contribution < -0.4 is 5.73 Å². The van der Waals surface area contributed by atoms with Crippen molar-refractivity contribution >= 4 is 34.3 Å². The first-order valence-electron chi connectivity index (χ1n) is 8.02. The van der Waals surface area contributed by atoms with Gasteiger partial charge in [0, 0.05) is 16.5 Å². The Morgan fingerprint density at radius 3 is 2.59 bits per heavy atom. The van der Waals surface area contributed by atoms with E-state index in [0.29, 0.717) is 22.0 Å². The number of H-pyrrole nitrogens is 1. The first-order valence-corrected chi connectivity index (χ1v) is 8.40. The maximum Gasteiger partial charge on any atom is 0.360 e. The highest BCUT2D eigenvalue weighted by Crippen LogP contribution is 2.34. The van der Waals surface area contributed by atoms with E-state index >= 15 is 0 Å². The minimum Gasteiger partial charge on any atom is -0.464 e. The molecule has 0 atom stereocenters. The standard InChI is InChI=1S/C19H14ClN5O2/c1-27-19(26)17-18(21)24-15(10-5-3-2-4-6-10)16(23-17)11-7-12-9-22-25-14(12)13(20)8-11/h2-9H,1H3,(H2,21,24)(H,22,25). The lowest BCUT2D eigenvalue weighted by Gasteiger charge is -2.12. The van der Waals surface area contributed by atoms with E-state index in [1.165, 1.54) is 7.11 Å². The summed E-state index contributed by atoms with van der Waals surface area (Å²) in [5.41, 5.74) is 9.16. The lowest BCUT2D eigenvalue weighted by molar-refractivity contribution is 0.0595. The van der Waals surface area contributed by atoms with Gasteiger partial charge in [-0.05, 0) is 12.1 Å². The summed E-state index contributed by atoms with van der Waals surface area (Å²) < 4.78 is 4.77. The third-order valence-corrected chi connectivity index (χ3v) is 4.42. The van der Waals surface area contributed by atoms with Crippen LogP contribution >= 0.6 is 11.6 Å².